The van der Waals surface area contributed by atoms with E-state index in [-0.39, 0.29) is 5.91 Å². The van der Waals surface area contributed by atoms with Gasteiger partial charge in [-0.25, -0.2) is 0 Å². The molecule has 3 nitrogen and oxygen atoms in total. The Morgan fingerprint density at radius 2 is 2.20 bits per heavy atom. The molecule has 4 heteroatoms. The van der Waals surface area contributed by atoms with Crippen LogP contribution in [0.25, 0.3) is 0 Å². The van der Waals surface area contributed by atoms with Crippen LogP contribution in [0.1, 0.15) is 12.8 Å². The number of amides is 1. The van der Waals surface area contributed by atoms with Crippen LogP contribution in [0.15, 0.2) is 28.7 Å². The van der Waals surface area contributed by atoms with Gasteiger partial charge in [0.2, 0.25) is 5.91 Å². The molecule has 0 saturated heterocycles. The summed E-state index contributed by atoms with van der Waals surface area (Å²) < 4.78 is 0.960. The minimum atomic E-state index is -0.600. The van der Waals surface area contributed by atoms with Crippen molar-refractivity contribution in [1.29, 1.82) is 0 Å². The van der Waals surface area contributed by atoms with Gasteiger partial charge in [-0.05, 0) is 31.0 Å². The lowest BCUT2D eigenvalue weighted by atomic mass is 10.2. The second-order valence-corrected chi connectivity index (χ2v) is 4.92. The van der Waals surface area contributed by atoms with Gasteiger partial charge in [0.25, 0.3) is 0 Å². The van der Waals surface area contributed by atoms with Gasteiger partial charge in [-0.1, -0.05) is 22.0 Å². The van der Waals surface area contributed by atoms with Crippen LogP contribution in [0.4, 0.5) is 5.69 Å². The van der Waals surface area contributed by atoms with Crippen LogP contribution >= 0.6 is 15.9 Å². The Morgan fingerprint density at radius 1 is 1.53 bits per heavy atom. The smallest absolute Gasteiger partial charge is 0.246 e. The van der Waals surface area contributed by atoms with Gasteiger partial charge in [-0.2, -0.15) is 0 Å². The first-order valence-corrected chi connectivity index (χ1v) is 5.65. The molecule has 1 aromatic rings. The molecule has 0 spiro atoms. The van der Waals surface area contributed by atoms with Crippen LogP contribution in [0, 0.1) is 0 Å². The maximum atomic E-state index is 11.9. The highest BCUT2D eigenvalue weighted by molar-refractivity contribution is 9.10. The van der Waals surface area contributed by atoms with Gasteiger partial charge in [0, 0.05) is 17.2 Å². The molecule has 0 radical (unpaired) electrons. The molecule has 1 aliphatic carbocycles. The van der Waals surface area contributed by atoms with Crippen molar-refractivity contribution in [3.63, 3.8) is 0 Å². The fraction of sp³-hybridized carbons (Fsp3) is 0.364. The van der Waals surface area contributed by atoms with Crippen molar-refractivity contribution in [2.24, 2.45) is 5.73 Å². The van der Waals surface area contributed by atoms with Gasteiger partial charge < -0.3 is 10.6 Å². The Hall–Kier alpha value is -0.870. The molecule has 80 valence electrons. The average molecular weight is 269 g/mol. The fourth-order valence-electron chi connectivity index (χ4n) is 1.48. The summed E-state index contributed by atoms with van der Waals surface area (Å²) in [6.45, 7) is 0. The average Bonchev–Trinajstić information content (AvgIpc) is 2.96. The minimum absolute atomic E-state index is 0.000556. The summed E-state index contributed by atoms with van der Waals surface area (Å²) in [5.41, 5.74) is 6.13. The largest absolute Gasteiger partial charge is 0.317 e. The zero-order chi connectivity index (χ0) is 11.1. The number of nitrogens with two attached hydrogens (primary N) is 1. The summed E-state index contributed by atoms with van der Waals surface area (Å²) >= 11 is 3.38. The van der Waals surface area contributed by atoms with E-state index in [2.05, 4.69) is 15.9 Å². The minimum Gasteiger partial charge on any atom is -0.317 e. The van der Waals surface area contributed by atoms with E-state index >= 15 is 0 Å². The third kappa shape index (κ3) is 2.06. The van der Waals surface area contributed by atoms with Crippen molar-refractivity contribution in [2.75, 3.05) is 11.9 Å². The van der Waals surface area contributed by atoms with Crippen molar-refractivity contribution < 1.29 is 4.79 Å². The van der Waals surface area contributed by atoms with Crippen LogP contribution in [0.5, 0.6) is 0 Å². The number of anilines is 1. The number of hydrogen-bond acceptors (Lipinski definition) is 2. The van der Waals surface area contributed by atoms with Crippen molar-refractivity contribution in [3.05, 3.63) is 28.7 Å². The van der Waals surface area contributed by atoms with E-state index in [1.165, 1.54) is 0 Å². The molecule has 0 aliphatic heterocycles. The number of halogens is 1. The van der Waals surface area contributed by atoms with E-state index in [0.717, 1.165) is 23.0 Å². The summed E-state index contributed by atoms with van der Waals surface area (Å²) in [7, 11) is 1.76. The van der Waals surface area contributed by atoms with Gasteiger partial charge in [-0.15, -0.1) is 0 Å². The second kappa shape index (κ2) is 3.61. The predicted octanol–water partition coefficient (Wildman–Crippen LogP) is 1.90. The molecule has 2 rings (SSSR count). The molecule has 0 aromatic heterocycles. The topological polar surface area (TPSA) is 46.3 Å². The summed E-state index contributed by atoms with van der Waals surface area (Å²) in [5.74, 6) is 0.000556. The first kappa shape index (κ1) is 10.6. The molecule has 0 heterocycles. The number of nitrogens with zero attached hydrogens (tertiary/aromatic N) is 1. The molecule has 1 aromatic carbocycles. The van der Waals surface area contributed by atoms with Crippen molar-refractivity contribution in [2.45, 2.75) is 18.4 Å². The molecule has 2 N–H and O–H groups in total. The van der Waals surface area contributed by atoms with E-state index in [9.17, 15) is 4.79 Å². The Balaban J connectivity index is 2.20. The lowest BCUT2D eigenvalue weighted by Gasteiger charge is -2.21. The highest BCUT2D eigenvalue weighted by atomic mass is 79.9. The monoisotopic (exact) mass is 268 g/mol. The predicted molar refractivity (Wildman–Crippen MR) is 63.7 cm³/mol. The first-order valence-electron chi connectivity index (χ1n) is 4.85. The Kier molecular flexibility index (Phi) is 2.56. The van der Waals surface area contributed by atoms with Crippen LogP contribution in [0.3, 0.4) is 0 Å². The number of hydrogen-bond donors (Lipinski definition) is 1. The molecule has 1 amide bonds. The number of carbonyl (C=O) groups is 1. The summed E-state index contributed by atoms with van der Waals surface area (Å²) in [5, 5.41) is 0. The molecule has 0 bridgehead atoms. The summed E-state index contributed by atoms with van der Waals surface area (Å²) in [4.78, 5) is 13.5. The van der Waals surface area contributed by atoms with Crippen LogP contribution < -0.4 is 10.6 Å². The van der Waals surface area contributed by atoms with Gasteiger partial charge in [0.15, 0.2) is 0 Å². The summed E-state index contributed by atoms with van der Waals surface area (Å²) in [6.07, 6.45) is 1.59. The van der Waals surface area contributed by atoms with Gasteiger partial charge in [0.05, 0.1) is 5.54 Å². The molecular formula is C11H13BrN2O. The van der Waals surface area contributed by atoms with Gasteiger partial charge in [0.1, 0.15) is 0 Å². The normalized spacial score (nSPS) is 17.3. The Labute approximate surface area is 97.4 Å². The molecule has 0 unspecified atom stereocenters. The van der Waals surface area contributed by atoms with Gasteiger partial charge in [-0.3, -0.25) is 4.79 Å². The summed E-state index contributed by atoms with van der Waals surface area (Å²) in [6, 6.07) is 7.63. The first-order chi connectivity index (χ1) is 7.03. The molecule has 0 atom stereocenters. The van der Waals surface area contributed by atoms with Gasteiger partial charge >= 0.3 is 0 Å². The SMILES string of the molecule is CN(C(=O)C1(N)CC1)c1cccc(Br)c1. The number of benzene rings is 1. The van der Waals surface area contributed by atoms with E-state index < -0.39 is 5.54 Å². The number of carbonyl (C=O) groups excluding carboxylic acids is 1. The molecule has 1 saturated carbocycles. The molecular weight excluding hydrogens is 256 g/mol. The Bertz CT molecular complexity index is 401. The van der Waals surface area contributed by atoms with E-state index in [1.54, 1.807) is 11.9 Å². The maximum Gasteiger partial charge on any atom is 0.246 e. The van der Waals surface area contributed by atoms with E-state index in [4.69, 9.17) is 5.73 Å². The zero-order valence-corrected chi connectivity index (χ0v) is 10.1. The zero-order valence-electron chi connectivity index (χ0n) is 8.53. The van der Waals surface area contributed by atoms with Crippen LogP contribution in [0.2, 0.25) is 0 Å². The quantitative estimate of drug-likeness (QED) is 0.891. The fourth-order valence-corrected chi connectivity index (χ4v) is 1.87. The molecule has 1 fully saturated rings. The highest BCUT2D eigenvalue weighted by Gasteiger charge is 2.47. The van der Waals surface area contributed by atoms with Crippen LogP contribution in [-0.2, 0) is 4.79 Å². The standard InChI is InChI=1S/C11H13BrN2O/c1-14(10(15)11(13)5-6-11)9-4-2-3-8(12)7-9/h2-4,7H,5-6,13H2,1H3. The van der Waals surface area contributed by atoms with E-state index in [0.29, 0.717) is 0 Å². The molecule has 15 heavy (non-hydrogen) atoms. The third-order valence-corrected chi connectivity index (χ3v) is 3.21. The lowest BCUT2D eigenvalue weighted by molar-refractivity contribution is -0.120. The van der Waals surface area contributed by atoms with Crippen molar-refractivity contribution in [3.8, 4) is 0 Å². The van der Waals surface area contributed by atoms with Crippen LogP contribution in [-0.4, -0.2) is 18.5 Å². The molecule has 1 aliphatic rings. The second-order valence-electron chi connectivity index (χ2n) is 4.00. The van der Waals surface area contributed by atoms with E-state index in [1.807, 2.05) is 24.3 Å². The lowest BCUT2D eigenvalue weighted by Crippen LogP contribution is -2.43. The van der Waals surface area contributed by atoms with Crippen molar-refractivity contribution in [1.82, 2.24) is 0 Å². The maximum absolute atomic E-state index is 11.9. The number of rotatable bonds is 2. The highest BCUT2D eigenvalue weighted by Crippen LogP contribution is 2.35. The third-order valence-electron chi connectivity index (χ3n) is 2.71. The number of likely N-dealkylation sites (N-methyl/N-ethyl adjacent to an activating group) is 1. The van der Waals surface area contributed by atoms with Crippen molar-refractivity contribution >= 4 is 27.5 Å². The Morgan fingerprint density at radius 3 is 2.73 bits per heavy atom.